The van der Waals surface area contributed by atoms with Crippen LogP contribution >= 0.6 is 23.7 Å². The van der Waals surface area contributed by atoms with Gasteiger partial charge in [0.05, 0.1) is 20.3 Å². The van der Waals surface area contributed by atoms with Crippen LogP contribution in [0.3, 0.4) is 0 Å². The van der Waals surface area contributed by atoms with Gasteiger partial charge in [-0.2, -0.15) is 4.31 Å². The van der Waals surface area contributed by atoms with Gasteiger partial charge in [0.2, 0.25) is 10.0 Å². The quantitative estimate of drug-likeness (QED) is 0.730. The van der Waals surface area contributed by atoms with Crippen LogP contribution in [0.2, 0.25) is 0 Å². The van der Waals surface area contributed by atoms with E-state index in [4.69, 9.17) is 9.47 Å². The standard InChI is InChI=1S/C17H20N2O5S2.ClH/c1-23-14-6-4-3-5-12(14)13-11-18-8-9-19(13)26(21,22)15-7-10-25-16(15)17(20)24-2;/h3-7,10,13,18H,8-9,11H2,1-2H3;1H. The number of sulfonamides is 1. The third-order valence-corrected chi connectivity index (χ3v) is 7.25. The zero-order valence-electron chi connectivity index (χ0n) is 14.9. The maximum Gasteiger partial charge on any atom is 0.349 e. The van der Waals surface area contributed by atoms with Gasteiger partial charge in [-0.25, -0.2) is 13.2 Å². The summed E-state index contributed by atoms with van der Waals surface area (Å²) in [6, 6.07) is 8.36. The minimum atomic E-state index is -3.88. The van der Waals surface area contributed by atoms with Crippen molar-refractivity contribution in [2.24, 2.45) is 0 Å². The Balaban J connectivity index is 0.00000261. The number of methoxy groups -OCH3 is 2. The summed E-state index contributed by atoms with van der Waals surface area (Å²) in [4.78, 5) is 12.0. The maximum absolute atomic E-state index is 13.3. The van der Waals surface area contributed by atoms with E-state index in [1.807, 2.05) is 18.2 Å². The van der Waals surface area contributed by atoms with E-state index in [0.717, 1.165) is 16.9 Å². The van der Waals surface area contributed by atoms with Crippen LogP contribution < -0.4 is 10.1 Å². The molecule has 7 nitrogen and oxygen atoms in total. The second-order valence-corrected chi connectivity index (χ2v) is 8.46. The van der Waals surface area contributed by atoms with Gasteiger partial charge in [-0.1, -0.05) is 18.2 Å². The maximum atomic E-state index is 13.3. The molecule has 1 unspecified atom stereocenters. The first-order valence-electron chi connectivity index (χ1n) is 8.02. The molecule has 3 rings (SSSR count). The average molecular weight is 433 g/mol. The van der Waals surface area contributed by atoms with Crippen molar-refractivity contribution in [2.75, 3.05) is 33.9 Å². The van der Waals surface area contributed by atoms with E-state index in [1.54, 1.807) is 18.6 Å². The summed E-state index contributed by atoms with van der Waals surface area (Å²) in [5.41, 5.74) is 0.778. The van der Waals surface area contributed by atoms with E-state index in [2.05, 4.69) is 5.32 Å². The zero-order valence-corrected chi connectivity index (χ0v) is 17.3. The molecule has 1 aliphatic heterocycles. The molecule has 1 aromatic carbocycles. The highest BCUT2D eigenvalue weighted by atomic mass is 35.5. The van der Waals surface area contributed by atoms with Crippen LogP contribution in [0.4, 0.5) is 0 Å². The number of halogens is 1. The second kappa shape index (κ2) is 9.03. The predicted molar refractivity (Wildman–Crippen MR) is 105 cm³/mol. The van der Waals surface area contributed by atoms with Crippen LogP contribution in [0.25, 0.3) is 0 Å². The van der Waals surface area contributed by atoms with Crippen molar-refractivity contribution in [3.8, 4) is 5.75 Å². The fraction of sp³-hybridized carbons (Fsp3) is 0.353. The molecule has 1 fully saturated rings. The fourth-order valence-electron chi connectivity index (χ4n) is 3.05. The molecule has 148 valence electrons. The van der Waals surface area contributed by atoms with Gasteiger partial charge in [0.15, 0.2) is 0 Å². The topological polar surface area (TPSA) is 84.9 Å². The first-order chi connectivity index (χ1) is 12.5. The molecule has 1 atom stereocenters. The van der Waals surface area contributed by atoms with Gasteiger partial charge < -0.3 is 14.8 Å². The Morgan fingerprint density at radius 2 is 2.00 bits per heavy atom. The van der Waals surface area contributed by atoms with Gasteiger partial charge >= 0.3 is 5.97 Å². The highest BCUT2D eigenvalue weighted by molar-refractivity contribution is 7.89. The molecule has 27 heavy (non-hydrogen) atoms. The van der Waals surface area contributed by atoms with E-state index < -0.39 is 22.0 Å². The van der Waals surface area contributed by atoms with Gasteiger partial charge in [0, 0.05) is 25.2 Å². The lowest BCUT2D eigenvalue weighted by molar-refractivity contribution is 0.0602. The summed E-state index contributed by atoms with van der Waals surface area (Å²) in [5, 5.41) is 4.81. The molecule has 2 heterocycles. The number of hydrogen-bond acceptors (Lipinski definition) is 7. The molecule has 0 saturated carbocycles. The van der Waals surface area contributed by atoms with Crippen LogP contribution in [0, 0.1) is 0 Å². The van der Waals surface area contributed by atoms with E-state index in [9.17, 15) is 13.2 Å². The van der Waals surface area contributed by atoms with Gasteiger partial charge in [-0.3, -0.25) is 0 Å². The predicted octanol–water partition coefficient (Wildman–Crippen LogP) is 2.30. The number of para-hydroxylation sites is 1. The SMILES string of the molecule is COC(=O)c1sccc1S(=O)(=O)N1CCNCC1c1ccccc1OC.Cl. The van der Waals surface area contributed by atoms with Gasteiger partial charge in [-0.15, -0.1) is 23.7 Å². The lowest BCUT2D eigenvalue weighted by atomic mass is 10.0. The Morgan fingerprint density at radius 3 is 2.70 bits per heavy atom. The lowest BCUT2D eigenvalue weighted by Crippen LogP contribution is -2.48. The molecular weight excluding hydrogens is 412 g/mol. The van der Waals surface area contributed by atoms with Crippen LogP contribution in [0.15, 0.2) is 40.6 Å². The number of carbonyl (C=O) groups excluding carboxylic acids is 1. The normalized spacial score (nSPS) is 17.8. The first kappa shape index (κ1) is 21.6. The summed E-state index contributed by atoms with van der Waals surface area (Å²) >= 11 is 1.06. The average Bonchev–Trinajstić information content (AvgIpc) is 3.18. The van der Waals surface area contributed by atoms with Gasteiger partial charge in [0.25, 0.3) is 0 Å². The van der Waals surface area contributed by atoms with Crippen LogP contribution in [-0.4, -0.2) is 52.5 Å². The molecule has 0 bridgehead atoms. The number of nitrogens with zero attached hydrogens (tertiary/aromatic N) is 1. The molecule has 0 amide bonds. The van der Waals surface area contributed by atoms with Crippen molar-refractivity contribution >= 4 is 39.7 Å². The Kier molecular flexibility index (Phi) is 7.24. The first-order valence-corrected chi connectivity index (χ1v) is 10.3. The van der Waals surface area contributed by atoms with E-state index in [-0.39, 0.29) is 22.2 Å². The lowest BCUT2D eigenvalue weighted by Gasteiger charge is -2.36. The van der Waals surface area contributed by atoms with E-state index in [0.29, 0.717) is 25.4 Å². The molecule has 0 aliphatic carbocycles. The number of piperazine rings is 1. The van der Waals surface area contributed by atoms with Crippen LogP contribution in [0.1, 0.15) is 21.3 Å². The summed E-state index contributed by atoms with van der Waals surface area (Å²) in [7, 11) is -1.08. The zero-order chi connectivity index (χ0) is 18.7. The molecule has 1 saturated heterocycles. The Morgan fingerprint density at radius 1 is 1.26 bits per heavy atom. The van der Waals surface area contributed by atoms with Crippen LogP contribution in [-0.2, 0) is 14.8 Å². The highest BCUT2D eigenvalue weighted by Gasteiger charge is 2.38. The Labute approximate surface area is 168 Å². The van der Waals surface area contributed by atoms with Gasteiger partial charge in [-0.05, 0) is 17.5 Å². The van der Waals surface area contributed by atoms with E-state index in [1.165, 1.54) is 17.5 Å². The minimum absolute atomic E-state index is 0. The van der Waals surface area contributed by atoms with Crippen molar-refractivity contribution in [1.29, 1.82) is 0 Å². The molecule has 0 spiro atoms. The second-order valence-electron chi connectivity index (χ2n) is 5.68. The van der Waals surface area contributed by atoms with Crippen LogP contribution in [0.5, 0.6) is 5.75 Å². The smallest absolute Gasteiger partial charge is 0.349 e. The largest absolute Gasteiger partial charge is 0.496 e. The van der Waals surface area contributed by atoms with Crippen molar-refractivity contribution in [3.05, 3.63) is 46.2 Å². The minimum Gasteiger partial charge on any atom is -0.496 e. The molecular formula is C17H21ClN2O5S2. The molecule has 10 heteroatoms. The number of ether oxygens (including phenoxy) is 2. The number of hydrogen-bond donors (Lipinski definition) is 1. The molecule has 1 aliphatic rings. The Bertz CT molecular complexity index is 900. The molecule has 1 N–H and O–H groups in total. The fourth-order valence-corrected chi connectivity index (χ4v) is 5.96. The van der Waals surface area contributed by atoms with E-state index >= 15 is 0 Å². The Hall–Kier alpha value is -1.65. The monoisotopic (exact) mass is 432 g/mol. The number of thiophene rings is 1. The number of esters is 1. The number of carbonyl (C=O) groups is 1. The summed E-state index contributed by atoms with van der Waals surface area (Å²) in [6.07, 6.45) is 0. The molecule has 2 aromatic rings. The third-order valence-electron chi connectivity index (χ3n) is 4.28. The summed E-state index contributed by atoms with van der Waals surface area (Å²) in [6.45, 7) is 1.28. The number of benzene rings is 1. The summed E-state index contributed by atoms with van der Waals surface area (Å²) < 4.78 is 38.2. The van der Waals surface area contributed by atoms with Gasteiger partial charge in [0.1, 0.15) is 15.5 Å². The molecule has 1 aromatic heterocycles. The van der Waals surface area contributed by atoms with Crippen molar-refractivity contribution in [2.45, 2.75) is 10.9 Å². The third kappa shape index (κ3) is 4.12. The highest BCUT2D eigenvalue weighted by Crippen LogP contribution is 2.35. The number of rotatable bonds is 5. The number of nitrogens with one attached hydrogen (secondary N) is 1. The van der Waals surface area contributed by atoms with Crippen molar-refractivity contribution in [1.82, 2.24) is 9.62 Å². The van der Waals surface area contributed by atoms with Crippen molar-refractivity contribution < 1.29 is 22.7 Å². The summed E-state index contributed by atoms with van der Waals surface area (Å²) in [5.74, 6) is -0.0255. The van der Waals surface area contributed by atoms with Crippen molar-refractivity contribution in [3.63, 3.8) is 0 Å². The molecule has 0 radical (unpaired) electrons.